The minimum Gasteiger partial charge on any atom is -0.381 e. The summed E-state index contributed by atoms with van der Waals surface area (Å²) in [6.07, 6.45) is 8.71. The van der Waals surface area contributed by atoms with E-state index in [0.717, 1.165) is 11.4 Å². The number of para-hydroxylation sites is 2. The van der Waals surface area contributed by atoms with Crippen LogP contribution in [0, 0.1) is 0 Å². The maximum Gasteiger partial charge on any atom is 0.226 e. The van der Waals surface area contributed by atoms with Gasteiger partial charge in [0.25, 0.3) is 0 Å². The van der Waals surface area contributed by atoms with Crippen molar-refractivity contribution in [2.24, 2.45) is 0 Å². The molecule has 2 N–H and O–H groups in total. The summed E-state index contributed by atoms with van der Waals surface area (Å²) in [7, 11) is 0. The van der Waals surface area contributed by atoms with Crippen LogP contribution in [0.5, 0.6) is 0 Å². The number of aryl methyl sites for hydroxylation is 1. The monoisotopic (exact) mass is 299 g/mol. The smallest absolute Gasteiger partial charge is 0.226 e. The van der Waals surface area contributed by atoms with Gasteiger partial charge in [-0.1, -0.05) is 30.2 Å². The molecule has 22 heavy (non-hydrogen) atoms. The summed E-state index contributed by atoms with van der Waals surface area (Å²) in [4.78, 5) is 12.1. The summed E-state index contributed by atoms with van der Waals surface area (Å²) < 4.78 is 1.66. The number of benzene rings is 1. The second kappa shape index (κ2) is 7.06. The van der Waals surface area contributed by atoms with E-state index < -0.39 is 0 Å². The third-order valence-electron chi connectivity index (χ3n) is 3.96. The number of anilines is 2. The number of rotatable bonds is 6. The summed E-state index contributed by atoms with van der Waals surface area (Å²) in [5.74, 6) is -0.0174. The molecule has 0 bridgehead atoms. The maximum atomic E-state index is 12.1. The summed E-state index contributed by atoms with van der Waals surface area (Å²) in [5, 5.41) is 14.1. The van der Waals surface area contributed by atoms with Crippen molar-refractivity contribution < 1.29 is 4.79 Å². The van der Waals surface area contributed by atoms with Gasteiger partial charge in [-0.25, -0.2) is 0 Å². The summed E-state index contributed by atoms with van der Waals surface area (Å²) >= 11 is 0. The summed E-state index contributed by atoms with van der Waals surface area (Å²) in [5.41, 5.74) is 1.85. The number of hydrogen-bond acceptors (Lipinski definition) is 4. The fourth-order valence-corrected chi connectivity index (χ4v) is 2.79. The molecule has 2 aromatic rings. The zero-order chi connectivity index (χ0) is 15.2. The molecule has 1 aliphatic carbocycles. The number of nitrogens with zero attached hydrogens (tertiary/aromatic N) is 3. The fourth-order valence-electron chi connectivity index (χ4n) is 2.79. The highest BCUT2D eigenvalue weighted by Gasteiger charge is 2.16. The molecule has 6 heteroatoms. The molecule has 1 aromatic heterocycles. The van der Waals surface area contributed by atoms with Crippen LogP contribution in [0.4, 0.5) is 11.4 Å². The number of amides is 1. The van der Waals surface area contributed by atoms with Crippen LogP contribution < -0.4 is 10.6 Å². The van der Waals surface area contributed by atoms with Gasteiger partial charge in [0.2, 0.25) is 5.91 Å². The van der Waals surface area contributed by atoms with Crippen molar-refractivity contribution >= 4 is 17.3 Å². The van der Waals surface area contributed by atoms with Gasteiger partial charge in [-0.3, -0.25) is 9.48 Å². The maximum absolute atomic E-state index is 12.1. The molecule has 6 nitrogen and oxygen atoms in total. The molecular weight excluding hydrogens is 278 g/mol. The lowest BCUT2D eigenvalue weighted by Gasteiger charge is -2.17. The lowest BCUT2D eigenvalue weighted by Crippen LogP contribution is -2.19. The Balaban J connectivity index is 1.57. The first-order chi connectivity index (χ1) is 10.8. The van der Waals surface area contributed by atoms with Gasteiger partial charge in [0, 0.05) is 18.7 Å². The second-order valence-corrected chi connectivity index (χ2v) is 5.64. The topological polar surface area (TPSA) is 71.8 Å². The van der Waals surface area contributed by atoms with E-state index in [9.17, 15) is 4.79 Å². The first kappa shape index (κ1) is 14.6. The van der Waals surface area contributed by atoms with E-state index in [-0.39, 0.29) is 5.91 Å². The largest absolute Gasteiger partial charge is 0.381 e. The van der Waals surface area contributed by atoms with Gasteiger partial charge in [-0.2, -0.15) is 0 Å². The van der Waals surface area contributed by atoms with Crippen molar-refractivity contribution in [1.29, 1.82) is 0 Å². The van der Waals surface area contributed by atoms with Crippen LogP contribution in [-0.2, 0) is 11.3 Å². The van der Waals surface area contributed by atoms with Crippen molar-refractivity contribution in [2.75, 3.05) is 10.6 Å². The molecule has 1 aliphatic rings. The Bertz CT molecular complexity index is 605. The Labute approximate surface area is 129 Å². The van der Waals surface area contributed by atoms with Crippen LogP contribution in [0.25, 0.3) is 0 Å². The van der Waals surface area contributed by atoms with Crippen LogP contribution in [0.2, 0.25) is 0 Å². The van der Waals surface area contributed by atoms with Crippen LogP contribution in [0.15, 0.2) is 36.7 Å². The average molecular weight is 299 g/mol. The molecule has 116 valence electrons. The molecule has 0 unspecified atom stereocenters. The standard InChI is InChI=1S/C16H21N5O/c22-16(9-11-21-12-10-17-20-21)19-15-8-4-3-7-14(15)18-13-5-1-2-6-13/h3-4,7-8,10,12-13,18H,1-2,5-6,9,11H2,(H,19,22). The van der Waals surface area contributed by atoms with Gasteiger partial charge >= 0.3 is 0 Å². The molecule has 0 saturated heterocycles. The Morgan fingerprint density at radius 3 is 2.73 bits per heavy atom. The molecule has 1 aromatic carbocycles. The van der Waals surface area contributed by atoms with E-state index in [4.69, 9.17) is 0 Å². The number of aromatic nitrogens is 3. The van der Waals surface area contributed by atoms with Crippen LogP contribution >= 0.6 is 0 Å². The minimum absolute atomic E-state index is 0.0174. The van der Waals surface area contributed by atoms with Gasteiger partial charge in [0.1, 0.15) is 0 Å². The van der Waals surface area contributed by atoms with Gasteiger partial charge in [0.05, 0.1) is 24.1 Å². The molecule has 1 saturated carbocycles. The van der Waals surface area contributed by atoms with Crippen molar-refractivity contribution in [3.05, 3.63) is 36.7 Å². The summed E-state index contributed by atoms with van der Waals surface area (Å²) in [6, 6.07) is 8.40. The third kappa shape index (κ3) is 3.84. The predicted octanol–water partition coefficient (Wildman–Crippen LogP) is 2.66. The van der Waals surface area contributed by atoms with E-state index >= 15 is 0 Å². The molecule has 0 aliphatic heterocycles. The average Bonchev–Trinajstić information content (AvgIpc) is 3.20. The van der Waals surface area contributed by atoms with Crippen LogP contribution in [0.3, 0.4) is 0 Å². The highest BCUT2D eigenvalue weighted by Crippen LogP contribution is 2.27. The summed E-state index contributed by atoms with van der Waals surface area (Å²) in [6.45, 7) is 0.532. The SMILES string of the molecule is O=C(CCn1ccnn1)Nc1ccccc1NC1CCCC1. The lowest BCUT2D eigenvalue weighted by molar-refractivity contribution is -0.116. The van der Waals surface area contributed by atoms with E-state index in [0.29, 0.717) is 19.0 Å². The predicted molar refractivity (Wildman–Crippen MR) is 85.6 cm³/mol. The molecule has 1 fully saturated rings. The first-order valence-electron chi connectivity index (χ1n) is 7.81. The number of nitrogens with one attached hydrogen (secondary N) is 2. The van der Waals surface area contributed by atoms with Gasteiger partial charge in [0.15, 0.2) is 0 Å². The molecule has 0 radical (unpaired) electrons. The molecule has 0 atom stereocenters. The van der Waals surface area contributed by atoms with Crippen molar-refractivity contribution in [1.82, 2.24) is 15.0 Å². The number of hydrogen-bond donors (Lipinski definition) is 2. The van der Waals surface area contributed by atoms with E-state index in [1.165, 1.54) is 25.7 Å². The van der Waals surface area contributed by atoms with Crippen molar-refractivity contribution in [3.63, 3.8) is 0 Å². The van der Waals surface area contributed by atoms with Crippen molar-refractivity contribution in [2.45, 2.75) is 44.7 Å². The number of carbonyl (C=O) groups excluding carboxylic acids is 1. The lowest BCUT2D eigenvalue weighted by atomic mass is 10.2. The minimum atomic E-state index is -0.0174. The van der Waals surface area contributed by atoms with E-state index in [1.54, 1.807) is 17.1 Å². The zero-order valence-electron chi connectivity index (χ0n) is 12.5. The van der Waals surface area contributed by atoms with Gasteiger partial charge in [-0.05, 0) is 25.0 Å². The van der Waals surface area contributed by atoms with E-state index in [1.807, 2.05) is 24.3 Å². The normalized spacial score (nSPS) is 14.9. The third-order valence-corrected chi connectivity index (χ3v) is 3.96. The highest BCUT2D eigenvalue weighted by molar-refractivity contribution is 5.94. The Morgan fingerprint density at radius 1 is 1.23 bits per heavy atom. The molecule has 3 rings (SSSR count). The Morgan fingerprint density at radius 2 is 2.00 bits per heavy atom. The first-order valence-corrected chi connectivity index (χ1v) is 7.81. The zero-order valence-corrected chi connectivity index (χ0v) is 12.5. The van der Waals surface area contributed by atoms with E-state index in [2.05, 4.69) is 20.9 Å². The molecule has 0 spiro atoms. The Kier molecular flexibility index (Phi) is 4.68. The second-order valence-electron chi connectivity index (χ2n) is 5.64. The number of carbonyl (C=O) groups is 1. The van der Waals surface area contributed by atoms with Crippen LogP contribution in [0.1, 0.15) is 32.1 Å². The van der Waals surface area contributed by atoms with Gasteiger partial charge < -0.3 is 10.6 Å². The molecule has 1 heterocycles. The van der Waals surface area contributed by atoms with Crippen LogP contribution in [-0.4, -0.2) is 26.9 Å². The Hall–Kier alpha value is -2.37. The van der Waals surface area contributed by atoms with Crippen molar-refractivity contribution in [3.8, 4) is 0 Å². The highest BCUT2D eigenvalue weighted by atomic mass is 16.1. The molecular formula is C16H21N5O. The van der Waals surface area contributed by atoms with Gasteiger partial charge in [-0.15, -0.1) is 5.10 Å². The molecule has 1 amide bonds. The fraction of sp³-hybridized carbons (Fsp3) is 0.438. The quantitative estimate of drug-likeness (QED) is 0.860.